The molecular weight excluding hydrogens is 410 g/mol. The number of carbonyl (C=O) groups is 2. The molecule has 0 aliphatic heterocycles. The normalized spacial score (nSPS) is 16.1. The first-order valence-electron chi connectivity index (χ1n) is 9.00. The fourth-order valence-corrected chi connectivity index (χ4v) is 4.02. The second-order valence-corrected chi connectivity index (χ2v) is 8.72. The van der Waals surface area contributed by atoms with Crippen LogP contribution in [0.4, 0.5) is 4.79 Å². The lowest BCUT2D eigenvalue weighted by Crippen LogP contribution is -2.30. The number of carbonyl (C=O) groups excluding carboxylic acids is 2. The summed E-state index contributed by atoms with van der Waals surface area (Å²) in [4.78, 5) is 25.0. The lowest BCUT2D eigenvalue weighted by Gasteiger charge is -2.21. The van der Waals surface area contributed by atoms with Crippen molar-refractivity contribution in [1.82, 2.24) is 4.57 Å². The van der Waals surface area contributed by atoms with Crippen molar-refractivity contribution in [3.63, 3.8) is 0 Å². The Kier molecular flexibility index (Phi) is 5.47. The minimum absolute atomic E-state index is 0.232. The highest BCUT2D eigenvalue weighted by atomic mass is 79.9. The van der Waals surface area contributed by atoms with Gasteiger partial charge in [0.1, 0.15) is 11.3 Å². The molecule has 1 aliphatic rings. The number of hydrogen-bond acceptors (Lipinski definition) is 4. The summed E-state index contributed by atoms with van der Waals surface area (Å²) in [7, 11) is 1.32. The van der Waals surface area contributed by atoms with Gasteiger partial charge in [-0.3, -0.25) is 0 Å². The van der Waals surface area contributed by atoms with Crippen molar-refractivity contribution in [1.29, 1.82) is 0 Å². The van der Waals surface area contributed by atoms with Gasteiger partial charge in [0.2, 0.25) is 0 Å². The van der Waals surface area contributed by atoms with Gasteiger partial charge in [0, 0.05) is 10.2 Å². The van der Waals surface area contributed by atoms with Crippen LogP contribution in [-0.4, -0.2) is 29.3 Å². The van der Waals surface area contributed by atoms with E-state index in [4.69, 9.17) is 9.47 Å². The van der Waals surface area contributed by atoms with Crippen LogP contribution in [-0.2, 0) is 22.3 Å². The summed E-state index contributed by atoms with van der Waals surface area (Å²) in [6.45, 7) is 5.42. The third kappa shape index (κ3) is 4.26. The van der Waals surface area contributed by atoms with Crippen LogP contribution in [0.3, 0.4) is 0 Å². The highest BCUT2D eigenvalue weighted by molar-refractivity contribution is 9.10. The van der Waals surface area contributed by atoms with Crippen molar-refractivity contribution in [3.05, 3.63) is 57.3 Å². The molecule has 2 aromatic rings. The summed E-state index contributed by atoms with van der Waals surface area (Å²) >= 11 is 3.51. The second-order valence-electron chi connectivity index (χ2n) is 7.81. The van der Waals surface area contributed by atoms with E-state index >= 15 is 0 Å². The third-order valence-electron chi connectivity index (χ3n) is 4.65. The molecule has 1 aromatic carbocycles. The van der Waals surface area contributed by atoms with E-state index in [1.54, 1.807) is 6.07 Å². The van der Waals surface area contributed by atoms with E-state index in [0.717, 1.165) is 35.0 Å². The largest absolute Gasteiger partial charge is 0.464 e. The summed E-state index contributed by atoms with van der Waals surface area (Å²) in [6.07, 6.45) is 1.98. The molecule has 0 bridgehead atoms. The van der Waals surface area contributed by atoms with E-state index in [1.165, 1.54) is 17.2 Å². The maximum atomic E-state index is 12.8. The van der Waals surface area contributed by atoms with Gasteiger partial charge in [-0.15, -0.1) is 0 Å². The minimum atomic E-state index is -0.643. The van der Waals surface area contributed by atoms with Crippen LogP contribution in [0.5, 0.6) is 0 Å². The Hall–Kier alpha value is -2.08. The maximum absolute atomic E-state index is 12.8. The van der Waals surface area contributed by atoms with Gasteiger partial charge in [-0.05, 0) is 75.3 Å². The van der Waals surface area contributed by atoms with Crippen molar-refractivity contribution in [2.24, 2.45) is 0 Å². The smallest absolute Gasteiger partial charge is 0.419 e. The molecule has 1 heterocycles. The molecule has 0 saturated heterocycles. The molecule has 0 amide bonds. The number of hydrogen-bond donors (Lipinski definition) is 0. The van der Waals surface area contributed by atoms with Crippen LogP contribution in [0.15, 0.2) is 34.8 Å². The van der Waals surface area contributed by atoms with E-state index in [1.807, 2.05) is 32.9 Å². The van der Waals surface area contributed by atoms with E-state index < -0.39 is 17.7 Å². The number of halogens is 1. The molecule has 3 rings (SSSR count). The van der Waals surface area contributed by atoms with Crippen molar-refractivity contribution in [2.75, 3.05) is 7.11 Å². The zero-order chi connectivity index (χ0) is 19.8. The predicted octanol–water partition coefficient (Wildman–Crippen LogP) is 5.09. The molecule has 0 fully saturated rings. The van der Waals surface area contributed by atoms with Gasteiger partial charge >= 0.3 is 12.1 Å². The summed E-state index contributed by atoms with van der Waals surface area (Å²) in [5, 5.41) is 0. The molecule has 0 radical (unpaired) electrons. The van der Waals surface area contributed by atoms with Gasteiger partial charge in [-0.2, -0.15) is 0 Å². The summed E-state index contributed by atoms with van der Waals surface area (Å²) in [5.74, 6) is -0.280. The lowest BCUT2D eigenvalue weighted by atomic mass is 9.95. The average molecular weight is 434 g/mol. The fourth-order valence-electron chi connectivity index (χ4n) is 3.58. The minimum Gasteiger partial charge on any atom is -0.464 e. The van der Waals surface area contributed by atoms with E-state index in [0.29, 0.717) is 0 Å². The van der Waals surface area contributed by atoms with Crippen LogP contribution < -0.4 is 0 Å². The van der Waals surface area contributed by atoms with E-state index in [-0.39, 0.29) is 11.6 Å². The monoisotopic (exact) mass is 433 g/mol. The van der Waals surface area contributed by atoms with Gasteiger partial charge in [-0.25, -0.2) is 14.2 Å². The summed E-state index contributed by atoms with van der Waals surface area (Å²) in [6, 6.07) is 10.00. The molecule has 0 spiro atoms. The Balaban J connectivity index is 1.97. The van der Waals surface area contributed by atoms with Crippen LogP contribution in [0.25, 0.3) is 0 Å². The Morgan fingerprint density at radius 3 is 2.63 bits per heavy atom. The Bertz CT molecular complexity index is 879. The number of methoxy groups -OCH3 is 1. The Morgan fingerprint density at radius 2 is 2.00 bits per heavy atom. The predicted molar refractivity (Wildman–Crippen MR) is 106 cm³/mol. The van der Waals surface area contributed by atoms with Crippen molar-refractivity contribution in [2.45, 2.75) is 51.6 Å². The quantitative estimate of drug-likeness (QED) is 0.632. The van der Waals surface area contributed by atoms with Crippen LogP contribution in [0, 0.1) is 0 Å². The van der Waals surface area contributed by atoms with Gasteiger partial charge in [0.05, 0.1) is 7.11 Å². The zero-order valence-electron chi connectivity index (χ0n) is 16.0. The SMILES string of the molecule is COC(=O)c1cc2c(n1C(=O)OC(C)(C)C)CCC2Cc1cccc(Br)c1. The Morgan fingerprint density at radius 1 is 1.26 bits per heavy atom. The lowest BCUT2D eigenvalue weighted by molar-refractivity contribution is 0.0480. The van der Waals surface area contributed by atoms with Gasteiger partial charge in [-0.1, -0.05) is 28.1 Å². The number of nitrogens with zero attached hydrogens (tertiary/aromatic N) is 1. The summed E-state index contributed by atoms with van der Waals surface area (Å²) < 4.78 is 12.8. The molecule has 144 valence electrons. The average Bonchev–Trinajstić information content (AvgIpc) is 3.12. The topological polar surface area (TPSA) is 57.5 Å². The van der Waals surface area contributed by atoms with E-state index in [2.05, 4.69) is 28.1 Å². The highest BCUT2D eigenvalue weighted by Gasteiger charge is 2.34. The van der Waals surface area contributed by atoms with Crippen LogP contribution in [0.2, 0.25) is 0 Å². The molecule has 6 heteroatoms. The molecule has 0 N–H and O–H groups in total. The zero-order valence-corrected chi connectivity index (χ0v) is 17.6. The number of rotatable bonds is 3. The van der Waals surface area contributed by atoms with Crippen LogP contribution >= 0.6 is 15.9 Å². The molecular formula is C21H24BrNO4. The van der Waals surface area contributed by atoms with Gasteiger partial charge in [0.15, 0.2) is 0 Å². The molecule has 1 aliphatic carbocycles. The number of aromatic nitrogens is 1. The first-order valence-corrected chi connectivity index (χ1v) is 9.79. The maximum Gasteiger partial charge on any atom is 0.419 e. The first-order chi connectivity index (χ1) is 12.7. The molecule has 0 saturated carbocycles. The van der Waals surface area contributed by atoms with Gasteiger partial charge < -0.3 is 9.47 Å². The van der Waals surface area contributed by atoms with Crippen molar-refractivity contribution in [3.8, 4) is 0 Å². The molecule has 1 atom stereocenters. The molecule has 5 nitrogen and oxygen atoms in total. The van der Waals surface area contributed by atoms with Gasteiger partial charge in [0.25, 0.3) is 0 Å². The molecule has 27 heavy (non-hydrogen) atoms. The molecule has 1 aromatic heterocycles. The number of esters is 1. The first kappa shape index (κ1) is 19.7. The standard InChI is InChI=1S/C21H24BrNO4/c1-21(2,3)27-20(25)23-17-9-8-14(10-13-6-5-7-15(22)11-13)16(17)12-18(23)19(24)26-4/h5-7,11-12,14H,8-10H2,1-4H3. The Labute approximate surface area is 167 Å². The highest BCUT2D eigenvalue weighted by Crippen LogP contribution is 2.38. The summed E-state index contributed by atoms with van der Waals surface area (Å²) in [5.41, 5.74) is 2.68. The second kappa shape index (κ2) is 7.50. The van der Waals surface area contributed by atoms with Crippen molar-refractivity contribution < 1.29 is 19.1 Å². The third-order valence-corrected chi connectivity index (χ3v) is 5.14. The van der Waals surface area contributed by atoms with E-state index in [9.17, 15) is 9.59 Å². The molecule has 1 unspecified atom stereocenters. The fraction of sp³-hybridized carbons (Fsp3) is 0.429. The number of ether oxygens (including phenoxy) is 2. The van der Waals surface area contributed by atoms with Crippen LogP contribution in [0.1, 0.15) is 60.4 Å². The van der Waals surface area contributed by atoms with Crippen molar-refractivity contribution >= 4 is 28.0 Å². The number of benzene rings is 1. The number of fused-ring (bicyclic) bond motifs is 1.